The number of fused-ring (bicyclic) bond motifs is 3. The maximum atomic E-state index is 12.8. The minimum atomic E-state index is -2.38. The Morgan fingerprint density at radius 1 is 0.875 bits per heavy atom. The van der Waals surface area contributed by atoms with Crippen LogP contribution in [0.15, 0.2) is 42.5 Å². The van der Waals surface area contributed by atoms with Gasteiger partial charge in [0.05, 0.1) is 0 Å². The molecule has 2 aromatic rings. The molecule has 0 heterocycles. The van der Waals surface area contributed by atoms with Gasteiger partial charge in [-0.2, -0.15) is 0 Å². The third-order valence-electron chi connectivity index (χ3n) is 3.12. The lowest BCUT2D eigenvalue weighted by atomic mass is 10.0. The predicted molar refractivity (Wildman–Crippen MR) is 59.6 cm³/mol. The molecule has 0 spiro atoms. The second kappa shape index (κ2) is 3.41. The van der Waals surface area contributed by atoms with E-state index in [1.165, 1.54) is 6.07 Å². The molecule has 2 aromatic carbocycles. The Labute approximate surface area is 92.5 Å². The number of hydrogen-bond acceptors (Lipinski definition) is 0. The van der Waals surface area contributed by atoms with Crippen LogP contribution in [0.1, 0.15) is 23.1 Å². The van der Waals surface area contributed by atoms with Crippen molar-refractivity contribution in [3.63, 3.8) is 0 Å². The van der Waals surface area contributed by atoms with Crippen molar-refractivity contribution in [3.8, 4) is 11.1 Å². The van der Waals surface area contributed by atoms with Gasteiger partial charge in [-0.1, -0.05) is 42.5 Å². The number of benzene rings is 2. The molecule has 0 aliphatic heterocycles. The highest BCUT2D eigenvalue weighted by atomic mass is 19.3. The van der Waals surface area contributed by atoms with Crippen LogP contribution in [0.5, 0.6) is 0 Å². The topological polar surface area (TPSA) is 0 Å². The van der Waals surface area contributed by atoms with E-state index in [0.717, 1.165) is 22.3 Å². The average Bonchev–Trinajstić information content (AvgIpc) is 2.67. The summed E-state index contributed by atoms with van der Waals surface area (Å²) < 4.78 is 25.7. The fraction of sp³-hybridized carbons (Fsp3) is 0.143. The first-order chi connectivity index (χ1) is 7.77. The highest BCUT2D eigenvalue weighted by molar-refractivity contribution is 5.77. The molecule has 0 bridgehead atoms. The lowest BCUT2D eigenvalue weighted by molar-refractivity contribution is 0.150. The molecule has 1 aliphatic rings. The zero-order chi connectivity index (χ0) is 11.1. The van der Waals surface area contributed by atoms with Crippen LogP contribution in [-0.2, 0) is 6.42 Å². The summed E-state index contributed by atoms with van der Waals surface area (Å²) in [5.74, 6) is 0. The van der Waals surface area contributed by atoms with Gasteiger partial charge in [0.2, 0.25) is 0 Å². The van der Waals surface area contributed by atoms with Crippen molar-refractivity contribution in [1.29, 1.82) is 0 Å². The molecule has 0 saturated carbocycles. The molecule has 0 atom stereocenters. The monoisotopic (exact) mass is 216 g/mol. The molecule has 3 rings (SSSR count). The van der Waals surface area contributed by atoms with E-state index in [4.69, 9.17) is 0 Å². The third-order valence-corrected chi connectivity index (χ3v) is 3.12. The fourth-order valence-electron chi connectivity index (χ4n) is 2.39. The quantitative estimate of drug-likeness (QED) is 0.572. The molecular weight excluding hydrogens is 206 g/mol. The first-order valence-corrected chi connectivity index (χ1v) is 5.25. The maximum Gasteiger partial charge on any atom is 0.264 e. The maximum absolute atomic E-state index is 12.8. The van der Waals surface area contributed by atoms with Gasteiger partial charge in [-0.3, -0.25) is 0 Å². The molecular formula is C14H10F2. The van der Waals surface area contributed by atoms with Crippen molar-refractivity contribution < 1.29 is 8.78 Å². The van der Waals surface area contributed by atoms with Crippen molar-refractivity contribution in [2.45, 2.75) is 12.8 Å². The molecule has 0 fully saturated rings. The van der Waals surface area contributed by atoms with E-state index >= 15 is 0 Å². The van der Waals surface area contributed by atoms with Gasteiger partial charge >= 0.3 is 0 Å². The largest absolute Gasteiger partial charge is 0.264 e. The lowest BCUT2D eigenvalue weighted by Crippen LogP contribution is -1.92. The van der Waals surface area contributed by atoms with E-state index in [-0.39, 0.29) is 5.56 Å². The highest BCUT2D eigenvalue weighted by Gasteiger charge is 2.23. The highest BCUT2D eigenvalue weighted by Crippen LogP contribution is 2.40. The van der Waals surface area contributed by atoms with E-state index in [9.17, 15) is 8.78 Å². The predicted octanol–water partition coefficient (Wildman–Crippen LogP) is 4.20. The molecule has 80 valence electrons. The summed E-state index contributed by atoms with van der Waals surface area (Å²) >= 11 is 0. The fourth-order valence-corrected chi connectivity index (χ4v) is 2.39. The summed E-state index contributed by atoms with van der Waals surface area (Å²) in [6.07, 6.45) is -1.75. The summed E-state index contributed by atoms with van der Waals surface area (Å²) in [4.78, 5) is 0. The van der Waals surface area contributed by atoms with Gasteiger partial charge in [0, 0.05) is 5.56 Å². The molecule has 2 heteroatoms. The molecule has 0 radical (unpaired) electrons. The molecule has 0 N–H and O–H groups in total. The van der Waals surface area contributed by atoms with Gasteiger partial charge in [-0.15, -0.1) is 0 Å². The number of hydrogen-bond donors (Lipinski definition) is 0. The molecule has 1 aliphatic carbocycles. The van der Waals surface area contributed by atoms with E-state index < -0.39 is 6.43 Å². The molecule has 0 aromatic heterocycles. The molecule has 16 heavy (non-hydrogen) atoms. The van der Waals surface area contributed by atoms with E-state index in [2.05, 4.69) is 0 Å². The SMILES string of the molecule is FC(F)c1cccc2c1Cc1ccccc1-2. The van der Waals surface area contributed by atoms with Crippen molar-refractivity contribution >= 4 is 0 Å². The zero-order valence-electron chi connectivity index (χ0n) is 8.58. The first-order valence-electron chi connectivity index (χ1n) is 5.25. The van der Waals surface area contributed by atoms with Crippen LogP contribution in [0, 0.1) is 0 Å². The van der Waals surface area contributed by atoms with Gasteiger partial charge in [0.25, 0.3) is 6.43 Å². The van der Waals surface area contributed by atoms with E-state index in [1.807, 2.05) is 30.3 Å². The Bertz CT molecular complexity index is 544. The van der Waals surface area contributed by atoms with E-state index in [1.54, 1.807) is 6.07 Å². The van der Waals surface area contributed by atoms with Crippen LogP contribution in [0.4, 0.5) is 8.78 Å². The standard InChI is InChI=1S/C14H10F2/c15-14(16)12-7-3-6-11-10-5-2-1-4-9(10)8-13(11)12/h1-7,14H,8H2. The summed E-state index contributed by atoms with van der Waals surface area (Å²) in [7, 11) is 0. The van der Waals surface area contributed by atoms with Gasteiger partial charge in [0.15, 0.2) is 0 Å². The lowest BCUT2D eigenvalue weighted by Gasteiger charge is -2.06. The molecule has 0 amide bonds. The van der Waals surface area contributed by atoms with Crippen molar-refractivity contribution in [2.75, 3.05) is 0 Å². The van der Waals surface area contributed by atoms with Gasteiger partial charge in [-0.05, 0) is 28.7 Å². The van der Waals surface area contributed by atoms with Crippen molar-refractivity contribution in [2.24, 2.45) is 0 Å². The van der Waals surface area contributed by atoms with Crippen LogP contribution < -0.4 is 0 Å². The van der Waals surface area contributed by atoms with Crippen molar-refractivity contribution in [1.82, 2.24) is 0 Å². The minimum absolute atomic E-state index is 0.175. The Morgan fingerprint density at radius 3 is 2.44 bits per heavy atom. The Balaban J connectivity index is 2.24. The zero-order valence-corrected chi connectivity index (χ0v) is 8.58. The molecule has 0 saturated heterocycles. The third kappa shape index (κ3) is 1.26. The van der Waals surface area contributed by atoms with Crippen LogP contribution in [0.2, 0.25) is 0 Å². The Morgan fingerprint density at radius 2 is 1.62 bits per heavy atom. The number of rotatable bonds is 1. The van der Waals surface area contributed by atoms with Crippen molar-refractivity contribution in [3.05, 3.63) is 59.2 Å². The van der Waals surface area contributed by atoms with Crippen LogP contribution in [-0.4, -0.2) is 0 Å². The van der Waals surface area contributed by atoms with Crippen LogP contribution in [0.25, 0.3) is 11.1 Å². The second-order valence-corrected chi connectivity index (χ2v) is 4.01. The van der Waals surface area contributed by atoms with Gasteiger partial charge in [-0.25, -0.2) is 8.78 Å². The summed E-state index contributed by atoms with van der Waals surface area (Å²) in [5, 5.41) is 0. The minimum Gasteiger partial charge on any atom is -0.205 e. The summed E-state index contributed by atoms with van der Waals surface area (Å²) in [6, 6.07) is 13.1. The smallest absolute Gasteiger partial charge is 0.205 e. The summed E-state index contributed by atoms with van der Waals surface area (Å²) in [6.45, 7) is 0. The Kier molecular flexibility index (Phi) is 2.03. The summed E-state index contributed by atoms with van der Waals surface area (Å²) in [5.41, 5.74) is 4.17. The average molecular weight is 216 g/mol. The number of halogens is 2. The Hall–Kier alpha value is -1.70. The molecule has 0 unspecified atom stereocenters. The van der Waals surface area contributed by atoms with Gasteiger partial charge < -0.3 is 0 Å². The van der Waals surface area contributed by atoms with Crippen LogP contribution >= 0.6 is 0 Å². The first kappa shape index (κ1) is 9.52. The van der Waals surface area contributed by atoms with Crippen LogP contribution in [0.3, 0.4) is 0 Å². The van der Waals surface area contributed by atoms with E-state index in [0.29, 0.717) is 6.42 Å². The normalized spacial score (nSPS) is 12.7. The second-order valence-electron chi connectivity index (χ2n) is 4.01. The van der Waals surface area contributed by atoms with Gasteiger partial charge in [0.1, 0.15) is 0 Å². The number of alkyl halides is 2. The molecule has 0 nitrogen and oxygen atoms in total.